The maximum Gasteiger partial charge on any atom is 0.287 e. The minimum atomic E-state index is -0.464. The van der Waals surface area contributed by atoms with E-state index in [0.717, 1.165) is 5.69 Å². The summed E-state index contributed by atoms with van der Waals surface area (Å²) in [5.74, 6) is 5.17. The molecule has 0 saturated heterocycles. The first kappa shape index (κ1) is 13.1. The van der Waals surface area contributed by atoms with Crippen molar-refractivity contribution >= 4 is 11.6 Å². The van der Waals surface area contributed by atoms with Crippen LogP contribution in [0.15, 0.2) is 34.9 Å². The molecule has 0 saturated carbocycles. The third-order valence-corrected chi connectivity index (χ3v) is 2.84. The highest BCUT2D eigenvalue weighted by Crippen LogP contribution is 2.20. The summed E-state index contributed by atoms with van der Waals surface area (Å²) in [6.45, 7) is 2.56. The van der Waals surface area contributed by atoms with Crippen LogP contribution in [0.2, 0.25) is 0 Å². The van der Waals surface area contributed by atoms with Crippen LogP contribution in [-0.4, -0.2) is 18.1 Å². The lowest BCUT2D eigenvalue weighted by Gasteiger charge is -2.19. The topological polar surface area (TPSA) is 84.4 Å². The maximum absolute atomic E-state index is 11.3. The fraction of sp³-hybridized carbons (Fsp3) is 0.231. The zero-order chi connectivity index (χ0) is 13.8. The third-order valence-electron chi connectivity index (χ3n) is 2.84. The summed E-state index contributed by atoms with van der Waals surface area (Å²) >= 11 is 0. The molecule has 6 nitrogen and oxygen atoms in total. The number of benzene rings is 1. The predicted molar refractivity (Wildman–Crippen MR) is 71.4 cm³/mol. The molecule has 19 heavy (non-hydrogen) atoms. The van der Waals surface area contributed by atoms with Crippen molar-refractivity contribution in [3.05, 3.63) is 47.3 Å². The van der Waals surface area contributed by atoms with Gasteiger partial charge in [-0.1, -0.05) is 23.4 Å². The standard InChI is InChI=1S/C13H16N4O2/c1-9-5-3-4-6-12(9)17(2)8-10-7-11(16-19-10)13(18)15-14/h3-7H,8,14H2,1-2H3,(H,15,18). The van der Waals surface area contributed by atoms with Crippen LogP contribution >= 0.6 is 0 Å². The summed E-state index contributed by atoms with van der Waals surface area (Å²) in [7, 11) is 1.95. The van der Waals surface area contributed by atoms with Gasteiger partial charge in [0.25, 0.3) is 5.91 Å². The number of nitrogens with zero attached hydrogens (tertiary/aromatic N) is 2. The van der Waals surface area contributed by atoms with E-state index in [2.05, 4.69) is 5.16 Å². The molecule has 6 heteroatoms. The van der Waals surface area contributed by atoms with Gasteiger partial charge < -0.3 is 9.42 Å². The summed E-state index contributed by atoms with van der Waals surface area (Å²) in [6, 6.07) is 9.62. The average molecular weight is 260 g/mol. The molecular formula is C13H16N4O2. The van der Waals surface area contributed by atoms with Crippen LogP contribution in [-0.2, 0) is 6.54 Å². The molecule has 1 aromatic carbocycles. The number of nitrogens with two attached hydrogens (primary N) is 1. The minimum Gasteiger partial charge on any atom is -0.367 e. The van der Waals surface area contributed by atoms with Gasteiger partial charge in [-0.2, -0.15) is 0 Å². The van der Waals surface area contributed by atoms with Crippen molar-refractivity contribution in [3.63, 3.8) is 0 Å². The molecule has 100 valence electrons. The predicted octanol–water partition coefficient (Wildman–Crippen LogP) is 1.22. The Hall–Kier alpha value is -2.34. The molecule has 0 spiro atoms. The van der Waals surface area contributed by atoms with Crippen LogP contribution in [0.25, 0.3) is 0 Å². The Morgan fingerprint density at radius 3 is 2.89 bits per heavy atom. The molecule has 1 heterocycles. The molecule has 1 amide bonds. The second-order valence-corrected chi connectivity index (χ2v) is 4.29. The largest absolute Gasteiger partial charge is 0.367 e. The van der Waals surface area contributed by atoms with Gasteiger partial charge in [0.15, 0.2) is 11.5 Å². The van der Waals surface area contributed by atoms with E-state index in [1.165, 1.54) is 5.56 Å². The molecule has 0 fully saturated rings. The second kappa shape index (κ2) is 5.53. The summed E-state index contributed by atoms with van der Waals surface area (Å²) in [4.78, 5) is 13.3. The molecule has 0 aliphatic carbocycles. The molecule has 0 atom stereocenters. The van der Waals surface area contributed by atoms with Gasteiger partial charge in [0.1, 0.15) is 0 Å². The zero-order valence-corrected chi connectivity index (χ0v) is 10.9. The SMILES string of the molecule is Cc1ccccc1N(C)Cc1cc(C(=O)NN)no1. The number of rotatable bonds is 4. The van der Waals surface area contributed by atoms with Crippen molar-refractivity contribution < 1.29 is 9.32 Å². The normalized spacial score (nSPS) is 10.3. The molecular weight excluding hydrogens is 244 g/mol. The van der Waals surface area contributed by atoms with Crippen LogP contribution in [0.5, 0.6) is 0 Å². The van der Waals surface area contributed by atoms with Crippen LogP contribution < -0.4 is 16.2 Å². The van der Waals surface area contributed by atoms with E-state index in [9.17, 15) is 4.79 Å². The number of aryl methyl sites for hydroxylation is 1. The van der Waals surface area contributed by atoms with Crippen molar-refractivity contribution in [2.75, 3.05) is 11.9 Å². The number of hydrogen-bond acceptors (Lipinski definition) is 5. The Labute approximate surface area is 111 Å². The number of aromatic nitrogens is 1. The van der Waals surface area contributed by atoms with Crippen molar-refractivity contribution in [2.45, 2.75) is 13.5 Å². The van der Waals surface area contributed by atoms with Crippen LogP contribution in [0, 0.1) is 6.92 Å². The van der Waals surface area contributed by atoms with Crippen LogP contribution in [0.3, 0.4) is 0 Å². The first-order valence-corrected chi connectivity index (χ1v) is 5.85. The molecule has 0 radical (unpaired) electrons. The number of carbonyl (C=O) groups excluding carboxylic acids is 1. The van der Waals surface area contributed by atoms with Crippen molar-refractivity contribution in [1.82, 2.24) is 10.6 Å². The van der Waals surface area contributed by atoms with E-state index >= 15 is 0 Å². The molecule has 0 aliphatic rings. The van der Waals surface area contributed by atoms with Crippen LogP contribution in [0.1, 0.15) is 21.8 Å². The molecule has 3 N–H and O–H groups in total. The first-order chi connectivity index (χ1) is 9.11. The lowest BCUT2D eigenvalue weighted by Crippen LogP contribution is -2.30. The molecule has 1 aromatic heterocycles. The van der Waals surface area contributed by atoms with E-state index < -0.39 is 5.91 Å². The van der Waals surface area contributed by atoms with Gasteiger partial charge in [0.05, 0.1) is 6.54 Å². The average Bonchev–Trinajstić information content (AvgIpc) is 2.86. The number of nitrogens with one attached hydrogen (secondary N) is 1. The molecule has 0 unspecified atom stereocenters. The minimum absolute atomic E-state index is 0.177. The number of hydrogen-bond donors (Lipinski definition) is 2. The lowest BCUT2D eigenvalue weighted by molar-refractivity contribution is 0.0944. The van der Waals surface area contributed by atoms with Gasteiger partial charge >= 0.3 is 0 Å². The Balaban J connectivity index is 2.11. The number of nitrogen functional groups attached to an aromatic ring is 1. The number of anilines is 1. The molecule has 2 aromatic rings. The van der Waals surface area contributed by atoms with E-state index in [0.29, 0.717) is 12.3 Å². The number of hydrazine groups is 1. The summed E-state index contributed by atoms with van der Waals surface area (Å²) in [6.07, 6.45) is 0. The zero-order valence-electron chi connectivity index (χ0n) is 10.9. The van der Waals surface area contributed by atoms with Gasteiger partial charge in [-0.15, -0.1) is 0 Å². The summed E-state index contributed by atoms with van der Waals surface area (Å²) < 4.78 is 5.11. The Bertz CT molecular complexity index is 580. The summed E-state index contributed by atoms with van der Waals surface area (Å²) in [5, 5.41) is 3.66. The molecule has 2 rings (SSSR count). The second-order valence-electron chi connectivity index (χ2n) is 4.29. The quantitative estimate of drug-likeness (QED) is 0.490. The van der Waals surface area contributed by atoms with E-state index in [1.54, 1.807) is 6.07 Å². The highest BCUT2D eigenvalue weighted by molar-refractivity contribution is 5.91. The van der Waals surface area contributed by atoms with E-state index in [1.807, 2.05) is 48.6 Å². The fourth-order valence-electron chi connectivity index (χ4n) is 1.88. The Morgan fingerprint density at radius 2 is 2.21 bits per heavy atom. The maximum atomic E-state index is 11.3. The van der Waals surface area contributed by atoms with Gasteiger partial charge in [-0.3, -0.25) is 10.2 Å². The molecule has 0 aliphatic heterocycles. The van der Waals surface area contributed by atoms with Gasteiger partial charge in [-0.05, 0) is 18.6 Å². The number of amides is 1. The third kappa shape index (κ3) is 2.92. The van der Waals surface area contributed by atoms with Crippen molar-refractivity contribution in [1.29, 1.82) is 0 Å². The van der Waals surface area contributed by atoms with Crippen LogP contribution in [0.4, 0.5) is 5.69 Å². The molecule has 0 bridgehead atoms. The number of para-hydroxylation sites is 1. The highest BCUT2D eigenvalue weighted by Gasteiger charge is 2.13. The Kier molecular flexibility index (Phi) is 3.82. The van der Waals surface area contributed by atoms with Gasteiger partial charge in [0, 0.05) is 18.8 Å². The Morgan fingerprint density at radius 1 is 1.47 bits per heavy atom. The van der Waals surface area contributed by atoms with E-state index in [-0.39, 0.29) is 5.69 Å². The van der Waals surface area contributed by atoms with Gasteiger partial charge in [0.2, 0.25) is 0 Å². The van der Waals surface area contributed by atoms with Gasteiger partial charge in [-0.25, -0.2) is 5.84 Å². The lowest BCUT2D eigenvalue weighted by atomic mass is 10.2. The fourth-order valence-corrected chi connectivity index (χ4v) is 1.88. The highest BCUT2D eigenvalue weighted by atomic mass is 16.5. The summed E-state index contributed by atoms with van der Waals surface area (Å²) in [5.41, 5.74) is 4.46. The number of carbonyl (C=O) groups is 1. The monoisotopic (exact) mass is 260 g/mol. The van der Waals surface area contributed by atoms with E-state index in [4.69, 9.17) is 10.4 Å². The first-order valence-electron chi connectivity index (χ1n) is 5.85. The van der Waals surface area contributed by atoms with Crippen molar-refractivity contribution in [3.8, 4) is 0 Å². The smallest absolute Gasteiger partial charge is 0.287 e. The van der Waals surface area contributed by atoms with Crippen molar-refractivity contribution in [2.24, 2.45) is 5.84 Å².